The summed E-state index contributed by atoms with van der Waals surface area (Å²) in [6.45, 7) is 0.644. The van der Waals surface area contributed by atoms with E-state index in [1.54, 1.807) is 18.2 Å². The Kier molecular flexibility index (Phi) is 4.32. The third kappa shape index (κ3) is 3.51. The SMILES string of the molecule is NCC1CC(OC(=O)Nc2cc(Cl)cc(Cl)c2)C1. The highest BCUT2D eigenvalue weighted by atomic mass is 35.5. The van der Waals surface area contributed by atoms with Crippen molar-refractivity contribution in [3.63, 3.8) is 0 Å². The molecule has 1 aromatic carbocycles. The number of carbonyl (C=O) groups is 1. The number of nitrogens with two attached hydrogens (primary N) is 1. The Labute approximate surface area is 115 Å². The van der Waals surface area contributed by atoms with Gasteiger partial charge in [-0.05, 0) is 43.5 Å². The van der Waals surface area contributed by atoms with E-state index in [0.717, 1.165) is 12.8 Å². The molecule has 1 fully saturated rings. The molecule has 1 amide bonds. The number of amides is 1. The molecule has 2 rings (SSSR count). The van der Waals surface area contributed by atoms with Crippen molar-refractivity contribution >= 4 is 35.0 Å². The third-order valence-electron chi connectivity index (χ3n) is 2.91. The minimum absolute atomic E-state index is 0.0341. The van der Waals surface area contributed by atoms with Crippen LogP contribution < -0.4 is 11.1 Å². The topological polar surface area (TPSA) is 64.3 Å². The highest BCUT2D eigenvalue weighted by Gasteiger charge is 2.31. The number of hydrogen-bond acceptors (Lipinski definition) is 3. The summed E-state index contributed by atoms with van der Waals surface area (Å²) < 4.78 is 5.21. The van der Waals surface area contributed by atoms with Crippen LogP contribution in [0.3, 0.4) is 0 Å². The molecule has 98 valence electrons. The Bertz CT molecular complexity index is 427. The monoisotopic (exact) mass is 288 g/mol. The molecule has 6 heteroatoms. The average Bonchev–Trinajstić information content (AvgIpc) is 2.21. The lowest BCUT2D eigenvalue weighted by atomic mass is 9.82. The normalized spacial score (nSPS) is 22.2. The largest absolute Gasteiger partial charge is 0.446 e. The quantitative estimate of drug-likeness (QED) is 0.897. The van der Waals surface area contributed by atoms with Crippen LogP contribution in [-0.4, -0.2) is 18.7 Å². The maximum atomic E-state index is 11.6. The predicted molar refractivity (Wildman–Crippen MR) is 72.1 cm³/mol. The molecule has 0 heterocycles. The average molecular weight is 289 g/mol. The van der Waals surface area contributed by atoms with E-state index in [1.807, 2.05) is 0 Å². The number of carbonyl (C=O) groups excluding carboxylic acids is 1. The van der Waals surface area contributed by atoms with Crippen LogP contribution >= 0.6 is 23.2 Å². The fourth-order valence-electron chi connectivity index (χ4n) is 1.89. The van der Waals surface area contributed by atoms with E-state index in [9.17, 15) is 4.79 Å². The number of hydrogen-bond donors (Lipinski definition) is 2. The fraction of sp³-hybridized carbons (Fsp3) is 0.417. The van der Waals surface area contributed by atoms with E-state index >= 15 is 0 Å². The van der Waals surface area contributed by atoms with Gasteiger partial charge in [0, 0.05) is 15.7 Å². The lowest BCUT2D eigenvalue weighted by Gasteiger charge is -2.33. The predicted octanol–water partition coefficient (Wildman–Crippen LogP) is 3.28. The Morgan fingerprint density at radius 1 is 1.33 bits per heavy atom. The Morgan fingerprint density at radius 3 is 2.50 bits per heavy atom. The van der Waals surface area contributed by atoms with Crippen LogP contribution in [0, 0.1) is 5.92 Å². The molecule has 3 N–H and O–H groups in total. The lowest BCUT2D eigenvalue weighted by Crippen LogP contribution is -2.38. The van der Waals surface area contributed by atoms with Crippen molar-refractivity contribution in [2.45, 2.75) is 18.9 Å². The summed E-state index contributed by atoms with van der Waals surface area (Å²) in [7, 11) is 0. The van der Waals surface area contributed by atoms with Gasteiger partial charge >= 0.3 is 6.09 Å². The van der Waals surface area contributed by atoms with Crippen molar-refractivity contribution in [3.05, 3.63) is 28.2 Å². The first-order valence-electron chi connectivity index (χ1n) is 5.70. The maximum Gasteiger partial charge on any atom is 0.411 e. The molecule has 1 aliphatic carbocycles. The summed E-state index contributed by atoms with van der Waals surface area (Å²) in [5.74, 6) is 0.475. The fourth-order valence-corrected chi connectivity index (χ4v) is 2.41. The summed E-state index contributed by atoms with van der Waals surface area (Å²) in [4.78, 5) is 11.6. The molecule has 4 nitrogen and oxygen atoms in total. The first kappa shape index (κ1) is 13.5. The number of halogens is 2. The highest BCUT2D eigenvalue weighted by Crippen LogP contribution is 2.29. The number of ether oxygens (including phenoxy) is 1. The van der Waals surface area contributed by atoms with Gasteiger partial charge in [0.25, 0.3) is 0 Å². The molecule has 0 radical (unpaired) electrons. The molecule has 0 atom stereocenters. The smallest absolute Gasteiger partial charge is 0.411 e. The van der Waals surface area contributed by atoms with Crippen molar-refractivity contribution in [2.75, 3.05) is 11.9 Å². The van der Waals surface area contributed by atoms with Crippen LogP contribution in [0.1, 0.15) is 12.8 Å². The zero-order valence-corrected chi connectivity index (χ0v) is 11.2. The molecule has 0 spiro atoms. The van der Waals surface area contributed by atoms with Crippen LogP contribution in [0.15, 0.2) is 18.2 Å². The van der Waals surface area contributed by atoms with Crippen molar-refractivity contribution in [2.24, 2.45) is 11.7 Å². The Hall–Kier alpha value is -0.970. The molecule has 0 bridgehead atoms. The standard InChI is InChI=1S/C12H14Cl2N2O2/c13-8-3-9(14)5-10(4-8)16-12(17)18-11-1-7(2-11)6-15/h3-5,7,11H,1-2,6,15H2,(H,16,17). The molecule has 1 aliphatic rings. The third-order valence-corrected chi connectivity index (χ3v) is 3.34. The molecule has 0 aliphatic heterocycles. The molecule has 1 aromatic rings. The minimum Gasteiger partial charge on any atom is -0.446 e. The van der Waals surface area contributed by atoms with E-state index < -0.39 is 6.09 Å². The number of rotatable bonds is 3. The van der Waals surface area contributed by atoms with Crippen molar-refractivity contribution in [3.8, 4) is 0 Å². The summed E-state index contributed by atoms with van der Waals surface area (Å²) in [5, 5.41) is 3.52. The van der Waals surface area contributed by atoms with Crippen molar-refractivity contribution in [1.29, 1.82) is 0 Å². The van der Waals surface area contributed by atoms with Crippen molar-refractivity contribution in [1.82, 2.24) is 0 Å². The van der Waals surface area contributed by atoms with Gasteiger partial charge < -0.3 is 10.5 Å². The Balaban J connectivity index is 1.84. The first-order chi connectivity index (χ1) is 8.56. The van der Waals surface area contributed by atoms with E-state index in [2.05, 4.69) is 5.32 Å². The van der Waals surface area contributed by atoms with E-state index in [4.69, 9.17) is 33.7 Å². The highest BCUT2D eigenvalue weighted by molar-refractivity contribution is 6.35. The Morgan fingerprint density at radius 2 is 1.94 bits per heavy atom. The second kappa shape index (κ2) is 5.78. The lowest BCUT2D eigenvalue weighted by molar-refractivity contribution is 0.0278. The molecule has 18 heavy (non-hydrogen) atoms. The van der Waals surface area contributed by atoms with E-state index in [-0.39, 0.29) is 6.10 Å². The first-order valence-corrected chi connectivity index (χ1v) is 6.46. The molecule has 0 saturated heterocycles. The van der Waals surface area contributed by atoms with Crippen LogP contribution in [-0.2, 0) is 4.74 Å². The second-order valence-electron chi connectivity index (χ2n) is 4.38. The van der Waals surface area contributed by atoms with Gasteiger partial charge in [-0.3, -0.25) is 5.32 Å². The zero-order chi connectivity index (χ0) is 13.1. The van der Waals surface area contributed by atoms with Gasteiger partial charge in [-0.15, -0.1) is 0 Å². The van der Waals surface area contributed by atoms with Crippen LogP contribution in [0.5, 0.6) is 0 Å². The van der Waals surface area contributed by atoms with Crippen molar-refractivity contribution < 1.29 is 9.53 Å². The van der Waals surface area contributed by atoms with Gasteiger partial charge in [-0.1, -0.05) is 23.2 Å². The molecule has 1 saturated carbocycles. The summed E-state index contributed by atoms with van der Waals surface area (Å²) in [5.41, 5.74) is 6.02. The number of benzene rings is 1. The molecular formula is C12H14Cl2N2O2. The molecule has 0 unspecified atom stereocenters. The van der Waals surface area contributed by atoms with Gasteiger partial charge in [0.1, 0.15) is 6.10 Å². The second-order valence-corrected chi connectivity index (χ2v) is 5.26. The molecular weight excluding hydrogens is 275 g/mol. The number of nitrogens with one attached hydrogen (secondary N) is 1. The summed E-state index contributed by atoms with van der Waals surface area (Å²) in [6.07, 6.45) is 1.14. The zero-order valence-electron chi connectivity index (χ0n) is 9.66. The van der Waals surface area contributed by atoms with E-state index in [0.29, 0.717) is 28.2 Å². The van der Waals surface area contributed by atoms with Gasteiger partial charge in [0.2, 0.25) is 0 Å². The summed E-state index contributed by atoms with van der Waals surface area (Å²) >= 11 is 11.7. The van der Waals surface area contributed by atoms with E-state index in [1.165, 1.54) is 0 Å². The number of anilines is 1. The summed E-state index contributed by atoms with van der Waals surface area (Å²) in [6, 6.07) is 4.81. The molecule has 0 aromatic heterocycles. The maximum absolute atomic E-state index is 11.6. The van der Waals surface area contributed by atoms with Gasteiger partial charge in [-0.2, -0.15) is 0 Å². The van der Waals surface area contributed by atoms with Gasteiger partial charge in [0.15, 0.2) is 0 Å². The van der Waals surface area contributed by atoms with Gasteiger partial charge in [0.05, 0.1) is 0 Å². The van der Waals surface area contributed by atoms with Crippen LogP contribution in [0.2, 0.25) is 10.0 Å². The van der Waals surface area contributed by atoms with Crippen LogP contribution in [0.4, 0.5) is 10.5 Å². The van der Waals surface area contributed by atoms with Gasteiger partial charge in [-0.25, -0.2) is 4.79 Å². The minimum atomic E-state index is -0.492. The van der Waals surface area contributed by atoms with Crippen LogP contribution in [0.25, 0.3) is 0 Å².